The largest absolute Gasteiger partial charge is 0.203 e. The number of rotatable bonds is 1. The van der Waals surface area contributed by atoms with Gasteiger partial charge < -0.3 is 0 Å². The van der Waals surface area contributed by atoms with Crippen molar-refractivity contribution in [3.8, 4) is 0 Å². The second-order valence-electron chi connectivity index (χ2n) is 4.30. The molecule has 1 atom stereocenters. The van der Waals surface area contributed by atoms with Crippen molar-refractivity contribution in [1.29, 1.82) is 0 Å². The third-order valence-corrected chi connectivity index (χ3v) is 3.10. The maximum Gasteiger partial charge on any atom is 0.200 e. The minimum Gasteiger partial charge on any atom is -0.203 e. The summed E-state index contributed by atoms with van der Waals surface area (Å²) in [5.74, 6) is -9.37. The molecule has 1 aliphatic carbocycles. The van der Waals surface area contributed by atoms with Crippen LogP contribution in [0.2, 0.25) is 0 Å². The molecule has 17 heavy (non-hydrogen) atoms. The summed E-state index contributed by atoms with van der Waals surface area (Å²) in [7, 11) is 0. The van der Waals surface area contributed by atoms with Crippen LogP contribution in [0.5, 0.6) is 0 Å². The lowest BCUT2D eigenvalue weighted by molar-refractivity contribution is 0.354. The van der Waals surface area contributed by atoms with Gasteiger partial charge in [0.2, 0.25) is 5.82 Å². The molecule has 0 N–H and O–H groups in total. The van der Waals surface area contributed by atoms with Crippen LogP contribution in [-0.2, 0) is 5.41 Å². The molecule has 0 aliphatic heterocycles. The van der Waals surface area contributed by atoms with Gasteiger partial charge in [-0.2, -0.15) is 0 Å². The summed E-state index contributed by atoms with van der Waals surface area (Å²) < 4.78 is 66.0. The second-order valence-corrected chi connectivity index (χ2v) is 4.30. The van der Waals surface area contributed by atoms with Gasteiger partial charge in [-0.15, -0.1) is 0 Å². The van der Waals surface area contributed by atoms with Crippen molar-refractivity contribution in [3.63, 3.8) is 0 Å². The maximum absolute atomic E-state index is 13.5. The molecule has 0 heterocycles. The van der Waals surface area contributed by atoms with E-state index in [-0.39, 0.29) is 0 Å². The van der Waals surface area contributed by atoms with E-state index >= 15 is 0 Å². The van der Waals surface area contributed by atoms with Gasteiger partial charge in [0.25, 0.3) is 0 Å². The summed E-state index contributed by atoms with van der Waals surface area (Å²) >= 11 is 0. The van der Waals surface area contributed by atoms with Crippen LogP contribution >= 0.6 is 0 Å². The topological polar surface area (TPSA) is 0 Å². The average Bonchev–Trinajstić information content (AvgIpc) is 2.71. The molecular formula is C12H9F5. The molecule has 2 rings (SSSR count). The molecule has 92 valence electrons. The maximum atomic E-state index is 13.5. The fourth-order valence-corrected chi connectivity index (χ4v) is 2.12. The Balaban J connectivity index is 2.74. The molecule has 0 fully saturated rings. The fourth-order valence-electron chi connectivity index (χ4n) is 2.12. The molecule has 1 aliphatic rings. The van der Waals surface area contributed by atoms with E-state index in [1.807, 2.05) is 0 Å². The van der Waals surface area contributed by atoms with Gasteiger partial charge in [-0.1, -0.05) is 19.1 Å². The molecule has 0 nitrogen and oxygen atoms in total. The first-order chi connectivity index (χ1) is 7.88. The van der Waals surface area contributed by atoms with Crippen molar-refractivity contribution < 1.29 is 22.0 Å². The van der Waals surface area contributed by atoms with Gasteiger partial charge in [0, 0.05) is 11.0 Å². The molecule has 0 bridgehead atoms. The minimum absolute atomic E-state index is 0.325. The van der Waals surface area contributed by atoms with Crippen molar-refractivity contribution in [3.05, 3.63) is 46.8 Å². The van der Waals surface area contributed by atoms with Crippen LogP contribution in [-0.4, -0.2) is 0 Å². The summed E-state index contributed by atoms with van der Waals surface area (Å²) in [6.07, 6.45) is 4.02. The van der Waals surface area contributed by atoms with Gasteiger partial charge in [-0.25, -0.2) is 22.0 Å². The average molecular weight is 248 g/mol. The smallest absolute Gasteiger partial charge is 0.200 e. The van der Waals surface area contributed by atoms with Gasteiger partial charge in [-0.3, -0.25) is 0 Å². The lowest BCUT2D eigenvalue weighted by atomic mass is 9.81. The zero-order valence-corrected chi connectivity index (χ0v) is 8.96. The summed E-state index contributed by atoms with van der Waals surface area (Å²) in [5.41, 5.74) is -1.88. The first-order valence-electron chi connectivity index (χ1n) is 5.08. The van der Waals surface area contributed by atoms with Crippen molar-refractivity contribution in [2.24, 2.45) is 0 Å². The van der Waals surface area contributed by atoms with E-state index in [1.165, 1.54) is 13.0 Å². The highest BCUT2D eigenvalue weighted by Crippen LogP contribution is 2.40. The molecule has 0 unspecified atom stereocenters. The Morgan fingerprint density at radius 3 is 1.76 bits per heavy atom. The van der Waals surface area contributed by atoms with E-state index in [1.54, 1.807) is 6.08 Å². The van der Waals surface area contributed by atoms with E-state index in [2.05, 4.69) is 0 Å². The Bertz CT molecular complexity index is 477. The third kappa shape index (κ3) is 1.64. The van der Waals surface area contributed by atoms with Gasteiger partial charge in [0.05, 0.1) is 0 Å². The lowest BCUT2D eigenvalue weighted by Gasteiger charge is -2.24. The van der Waals surface area contributed by atoms with Crippen LogP contribution in [0.15, 0.2) is 12.2 Å². The van der Waals surface area contributed by atoms with Crippen LogP contribution in [0.3, 0.4) is 0 Å². The Morgan fingerprint density at radius 1 is 0.882 bits per heavy atom. The zero-order chi connectivity index (χ0) is 12.8. The van der Waals surface area contributed by atoms with Crippen LogP contribution in [0.25, 0.3) is 0 Å². The minimum atomic E-state index is -2.12. The van der Waals surface area contributed by atoms with Crippen LogP contribution in [0.1, 0.15) is 25.3 Å². The Labute approximate surface area is 94.8 Å². The molecular weight excluding hydrogens is 239 g/mol. The number of benzene rings is 1. The van der Waals surface area contributed by atoms with Crippen molar-refractivity contribution in [1.82, 2.24) is 0 Å². The van der Waals surface area contributed by atoms with Crippen LogP contribution in [0.4, 0.5) is 22.0 Å². The molecule has 0 saturated carbocycles. The van der Waals surface area contributed by atoms with E-state index in [0.29, 0.717) is 12.8 Å². The number of allylic oxidation sites excluding steroid dienone is 2. The normalized spacial score (nSPS) is 23.4. The third-order valence-electron chi connectivity index (χ3n) is 3.10. The molecule has 5 heteroatoms. The molecule has 0 radical (unpaired) electrons. The van der Waals surface area contributed by atoms with Crippen LogP contribution < -0.4 is 0 Å². The van der Waals surface area contributed by atoms with Gasteiger partial charge >= 0.3 is 0 Å². The Morgan fingerprint density at radius 2 is 1.35 bits per heavy atom. The first-order valence-corrected chi connectivity index (χ1v) is 5.08. The quantitative estimate of drug-likeness (QED) is 0.305. The SMILES string of the molecule is C[C@]1(c2c(F)c(F)c(F)c(F)c2F)C=CCC1. The van der Waals surface area contributed by atoms with E-state index in [9.17, 15) is 22.0 Å². The van der Waals surface area contributed by atoms with Crippen molar-refractivity contribution in [2.75, 3.05) is 0 Å². The summed E-state index contributed by atoms with van der Waals surface area (Å²) in [6.45, 7) is 1.45. The van der Waals surface area contributed by atoms with Gasteiger partial charge in [-0.05, 0) is 12.8 Å². The highest BCUT2D eigenvalue weighted by Gasteiger charge is 2.37. The number of hydrogen-bond acceptors (Lipinski definition) is 0. The van der Waals surface area contributed by atoms with E-state index < -0.39 is 40.1 Å². The predicted octanol–water partition coefficient (Wildman–Crippen LogP) is 3.99. The second kappa shape index (κ2) is 3.82. The highest BCUT2D eigenvalue weighted by molar-refractivity contribution is 5.36. The summed E-state index contributed by atoms with van der Waals surface area (Å²) in [5, 5.41) is 0. The zero-order valence-electron chi connectivity index (χ0n) is 8.96. The number of hydrogen-bond donors (Lipinski definition) is 0. The highest BCUT2D eigenvalue weighted by atomic mass is 19.2. The molecule has 0 spiro atoms. The van der Waals surface area contributed by atoms with Gasteiger partial charge in [0.1, 0.15) is 0 Å². The molecule has 1 aromatic carbocycles. The Hall–Kier alpha value is -1.39. The van der Waals surface area contributed by atoms with Crippen molar-refractivity contribution in [2.45, 2.75) is 25.2 Å². The molecule has 0 amide bonds. The van der Waals surface area contributed by atoms with Gasteiger partial charge in [0.15, 0.2) is 23.3 Å². The van der Waals surface area contributed by atoms with E-state index in [4.69, 9.17) is 0 Å². The van der Waals surface area contributed by atoms with Crippen molar-refractivity contribution >= 4 is 0 Å². The van der Waals surface area contributed by atoms with Crippen LogP contribution in [0, 0.1) is 29.1 Å². The standard InChI is InChI=1S/C12H9F5/c1-12(4-2-3-5-12)6-7(13)9(15)11(17)10(16)8(6)14/h2,4H,3,5H2,1H3/t12-/m0/s1. The molecule has 0 aromatic heterocycles. The first kappa shape index (κ1) is 12.1. The summed E-state index contributed by atoms with van der Waals surface area (Å²) in [4.78, 5) is 0. The van der Waals surface area contributed by atoms with E-state index in [0.717, 1.165) is 0 Å². The molecule has 0 saturated heterocycles. The molecule has 1 aromatic rings. The number of halogens is 5. The predicted molar refractivity (Wildman–Crippen MR) is 52.0 cm³/mol. The lowest BCUT2D eigenvalue weighted by Crippen LogP contribution is -2.22. The monoisotopic (exact) mass is 248 g/mol. The Kier molecular flexibility index (Phi) is 2.72. The fraction of sp³-hybridized carbons (Fsp3) is 0.333. The summed E-state index contributed by atoms with van der Waals surface area (Å²) in [6, 6.07) is 0.